The highest BCUT2D eigenvalue weighted by Gasteiger charge is 2.19. The number of nitrogens with two attached hydrogens (primary N) is 1. The number of amides is 1. The number of likely N-dealkylation sites (tertiary alicyclic amines) is 1. The fraction of sp³-hybridized carbons (Fsp3) is 0.300. The Morgan fingerprint density at radius 3 is 2.60 bits per heavy atom. The van der Waals surface area contributed by atoms with Crippen LogP contribution in [0.25, 0.3) is 11.0 Å². The zero-order chi connectivity index (χ0) is 21.3. The standard InChI is InChI=1S/C20H22ClN5O3S/c21-15-8-7-14(13-18(15)30(22,28)29)19(27)24-20-23-16-5-1-2-6-17(16)26(20)12-11-25-9-3-4-10-25/h1-2,5-8,13H,3-4,9-12H2,(H2,22,28,29)(H,23,24,27). The molecule has 0 bridgehead atoms. The van der Waals surface area contributed by atoms with Gasteiger partial charge in [-0.25, -0.2) is 18.5 Å². The van der Waals surface area contributed by atoms with Crippen LogP contribution in [0.1, 0.15) is 23.2 Å². The molecule has 0 saturated carbocycles. The van der Waals surface area contributed by atoms with Crippen LogP contribution >= 0.6 is 11.6 Å². The van der Waals surface area contributed by atoms with Crippen LogP contribution in [0.4, 0.5) is 5.95 Å². The topological polar surface area (TPSA) is 110 Å². The van der Waals surface area contributed by atoms with Crippen molar-refractivity contribution in [1.29, 1.82) is 0 Å². The highest BCUT2D eigenvalue weighted by atomic mass is 35.5. The molecule has 8 nitrogen and oxygen atoms in total. The molecule has 3 N–H and O–H groups in total. The highest BCUT2D eigenvalue weighted by Crippen LogP contribution is 2.24. The normalized spacial score (nSPS) is 15.0. The average molecular weight is 448 g/mol. The molecule has 158 valence electrons. The minimum absolute atomic E-state index is 0.0353. The molecule has 10 heteroatoms. The lowest BCUT2D eigenvalue weighted by Gasteiger charge is -2.17. The number of imidazole rings is 1. The lowest BCUT2D eigenvalue weighted by molar-refractivity contribution is 0.102. The van der Waals surface area contributed by atoms with E-state index in [4.69, 9.17) is 16.7 Å². The number of para-hydroxylation sites is 2. The summed E-state index contributed by atoms with van der Waals surface area (Å²) in [6, 6.07) is 11.6. The van der Waals surface area contributed by atoms with Gasteiger partial charge >= 0.3 is 0 Å². The van der Waals surface area contributed by atoms with E-state index in [0.29, 0.717) is 12.5 Å². The van der Waals surface area contributed by atoms with E-state index in [0.717, 1.165) is 30.7 Å². The van der Waals surface area contributed by atoms with Gasteiger partial charge in [0.1, 0.15) is 4.90 Å². The number of primary sulfonamides is 1. The van der Waals surface area contributed by atoms with Crippen LogP contribution < -0.4 is 10.5 Å². The van der Waals surface area contributed by atoms with Crippen molar-refractivity contribution in [3.05, 3.63) is 53.1 Å². The van der Waals surface area contributed by atoms with E-state index in [1.54, 1.807) is 0 Å². The van der Waals surface area contributed by atoms with Gasteiger partial charge in [0.05, 0.1) is 16.1 Å². The molecule has 0 unspecified atom stereocenters. The van der Waals surface area contributed by atoms with Crippen molar-refractivity contribution in [3.63, 3.8) is 0 Å². The van der Waals surface area contributed by atoms with E-state index >= 15 is 0 Å². The van der Waals surface area contributed by atoms with Crippen molar-refractivity contribution in [2.75, 3.05) is 25.0 Å². The van der Waals surface area contributed by atoms with Gasteiger partial charge in [0.2, 0.25) is 16.0 Å². The number of carbonyl (C=O) groups excluding carboxylic acids is 1. The zero-order valence-electron chi connectivity index (χ0n) is 16.2. The second-order valence-electron chi connectivity index (χ2n) is 7.27. The third-order valence-corrected chi connectivity index (χ3v) is 6.61. The van der Waals surface area contributed by atoms with Gasteiger partial charge in [0, 0.05) is 18.7 Å². The Labute approximate surface area is 179 Å². The Kier molecular flexibility index (Phi) is 5.79. The number of carbonyl (C=O) groups is 1. The second-order valence-corrected chi connectivity index (χ2v) is 9.21. The van der Waals surface area contributed by atoms with Gasteiger partial charge in [0.25, 0.3) is 5.91 Å². The van der Waals surface area contributed by atoms with Gasteiger partial charge < -0.3 is 9.47 Å². The zero-order valence-corrected chi connectivity index (χ0v) is 17.8. The summed E-state index contributed by atoms with van der Waals surface area (Å²) in [5.41, 5.74) is 1.82. The van der Waals surface area contributed by atoms with Crippen LogP contribution in [0, 0.1) is 0 Å². The lowest BCUT2D eigenvalue weighted by Crippen LogP contribution is -2.25. The van der Waals surface area contributed by atoms with E-state index < -0.39 is 15.9 Å². The summed E-state index contributed by atoms with van der Waals surface area (Å²) in [7, 11) is -4.05. The number of anilines is 1. The molecule has 1 amide bonds. The Morgan fingerprint density at radius 1 is 1.13 bits per heavy atom. The minimum atomic E-state index is -4.05. The van der Waals surface area contributed by atoms with Crippen molar-refractivity contribution in [2.24, 2.45) is 5.14 Å². The quantitative estimate of drug-likeness (QED) is 0.603. The van der Waals surface area contributed by atoms with Crippen molar-refractivity contribution in [3.8, 4) is 0 Å². The van der Waals surface area contributed by atoms with Gasteiger partial charge in [-0.15, -0.1) is 0 Å². The molecule has 0 aliphatic carbocycles. The van der Waals surface area contributed by atoms with Crippen LogP contribution in [-0.4, -0.2) is 48.4 Å². The molecule has 1 aliphatic rings. The summed E-state index contributed by atoms with van der Waals surface area (Å²) >= 11 is 5.92. The molecule has 0 atom stereocenters. The number of hydrogen-bond donors (Lipinski definition) is 2. The fourth-order valence-electron chi connectivity index (χ4n) is 3.68. The first-order chi connectivity index (χ1) is 14.3. The summed E-state index contributed by atoms with van der Waals surface area (Å²) in [6.45, 7) is 3.70. The molecule has 0 spiro atoms. The number of sulfonamides is 1. The predicted molar refractivity (Wildman–Crippen MR) is 116 cm³/mol. The summed E-state index contributed by atoms with van der Waals surface area (Å²) < 4.78 is 25.4. The van der Waals surface area contributed by atoms with Crippen LogP contribution in [-0.2, 0) is 16.6 Å². The number of nitrogens with one attached hydrogen (secondary N) is 1. The maximum absolute atomic E-state index is 12.8. The molecule has 4 rings (SSSR count). The van der Waals surface area contributed by atoms with Crippen molar-refractivity contribution >= 4 is 44.5 Å². The monoisotopic (exact) mass is 447 g/mol. The van der Waals surface area contributed by atoms with Crippen molar-refractivity contribution < 1.29 is 13.2 Å². The van der Waals surface area contributed by atoms with E-state index in [-0.39, 0.29) is 15.5 Å². The Hall–Kier alpha value is -2.46. The van der Waals surface area contributed by atoms with Crippen LogP contribution in [0.15, 0.2) is 47.4 Å². The first-order valence-electron chi connectivity index (χ1n) is 9.64. The fourth-order valence-corrected chi connectivity index (χ4v) is 4.75. The molecule has 2 aromatic carbocycles. The molecule has 1 fully saturated rings. The molecule has 1 saturated heterocycles. The summed E-state index contributed by atoms with van der Waals surface area (Å²) in [5.74, 6) is -0.0817. The molecular formula is C20H22ClN5O3S. The van der Waals surface area contributed by atoms with Gasteiger partial charge in [-0.2, -0.15) is 0 Å². The number of nitrogens with zero attached hydrogens (tertiary/aromatic N) is 3. The molecule has 3 aromatic rings. The van der Waals surface area contributed by atoms with Gasteiger partial charge in [-0.1, -0.05) is 23.7 Å². The van der Waals surface area contributed by atoms with Gasteiger partial charge in [-0.05, 0) is 56.3 Å². The SMILES string of the molecule is NS(=O)(=O)c1cc(C(=O)Nc2nc3ccccc3n2CCN2CCCC2)ccc1Cl. The maximum Gasteiger partial charge on any atom is 0.258 e. The summed E-state index contributed by atoms with van der Waals surface area (Å²) in [6.07, 6.45) is 2.41. The first kappa shape index (κ1) is 20.8. The Bertz CT molecular complexity index is 1200. The summed E-state index contributed by atoms with van der Waals surface area (Å²) in [4.78, 5) is 19.5. The van der Waals surface area contributed by atoms with E-state index in [2.05, 4.69) is 15.2 Å². The highest BCUT2D eigenvalue weighted by molar-refractivity contribution is 7.89. The third-order valence-electron chi connectivity index (χ3n) is 5.22. The number of aromatic nitrogens is 2. The second kappa shape index (κ2) is 8.35. The summed E-state index contributed by atoms with van der Waals surface area (Å²) in [5, 5.41) is 7.96. The van der Waals surface area contributed by atoms with Gasteiger partial charge in [-0.3, -0.25) is 10.1 Å². The Balaban J connectivity index is 1.63. The number of benzene rings is 2. The van der Waals surface area contributed by atoms with Crippen LogP contribution in [0.5, 0.6) is 0 Å². The van der Waals surface area contributed by atoms with E-state index in [9.17, 15) is 13.2 Å². The Morgan fingerprint density at radius 2 is 1.87 bits per heavy atom. The lowest BCUT2D eigenvalue weighted by atomic mass is 10.2. The van der Waals surface area contributed by atoms with E-state index in [1.807, 2.05) is 28.8 Å². The molecule has 0 radical (unpaired) electrons. The molecule has 30 heavy (non-hydrogen) atoms. The number of hydrogen-bond acceptors (Lipinski definition) is 5. The third kappa shape index (κ3) is 4.34. The van der Waals surface area contributed by atoms with E-state index in [1.165, 1.54) is 31.0 Å². The van der Waals surface area contributed by atoms with Crippen LogP contribution in [0.3, 0.4) is 0 Å². The first-order valence-corrected chi connectivity index (χ1v) is 11.6. The number of halogens is 1. The number of rotatable bonds is 6. The van der Waals surface area contributed by atoms with Crippen LogP contribution in [0.2, 0.25) is 5.02 Å². The minimum Gasteiger partial charge on any atom is -0.309 e. The number of fused-ring (bicyclic) bond motifs is 1. The smallest absolute Gasteiger partial charge is 0.258 e. The molecular weight excluding hydrogens is 426 g/mol. The predicted octanol–water partition coefficient (Wildman–Crippen LogP) is 2.69. The molecule has 1 aliphatic heterocycles. The van der Waals surface area contributed by atoms with Gasteiger partial charge in [0.15, 0.2) is 0 Å². The van der Waals surface area contributed by atoms with Crippen molar-refractivity contribution in [1.82, 2.24) is 14.5 Å². The average Bonchev–Trinajstić information content (AvgIpc) is 3.33. The van der Waals surface area contributed by atoms with Crippen molar-refractivity contribution in [2.45, 2.75) is 24.3 Å². The molecule has 1 aromatic heterocycles. The largest absolute Gasteiger partial charge is 0.309 e. The molecule has 2 heterocycles. The maximum atomic E-state index is 12.8.